The lowest BCUT2D eigenvalue weighted by Gasteiger charge is -2.37. The molecule has 4 amide bonds. The topological polar surface area (TPSA) is 162 Å². The van der Waals surface area contributed by atoms with Crippen molar-refractivity contribution in [2.24, 2.45) is 0 Å². The highest BCUT2D eigenvalue weighted by Crippen LogP contribution is 2.33. The van der Waals surface area contributed by atoms with Gasteiger partial charge in [0.05, 0.1) is 10.0 Å². The van der Waals surface area contributed by atoms with Gasteiger partial charge in [0.2, 0.25) is 11.8 Å². The molecule has 13 nitrogen and oxygen atoms in total. The predicted molar refractivity (Wildman–Crippen MR) is 198 cm³/mol. The second kappa shape index (κ2) is 19.2. The first-order valence-electron chi connectivity index (χ1n) is 17.1. The summed E-state index contributed by atoms with van der Waals surface area (Å²) in [6.45, 7) is 7.67. The summed E-state index contributed by atoms with van der Waals surface area (Å²) in [5, 5.41) is 18.2. The first-order valence-corrected chi connectivity index (χ1v) is 17.9. The molecule has 2 aromatic carbocycles. The third kappa shape index (κ3) is 12.8. The van der Waals surface area contributed by atoms with Crippen LogP contribution in [0.1, 0.15) is 51.2 Å². The summed E-state index contributed by atoms with van der Waals surface area (Å²) in [4.78, 5) is 61.0. The number of carbonyl (C=O) groups excluding carboxylic acids is 4. The van der Waals surface area contributed by atoms with Crippen molar-refractivity contribution in [1.29, 1.82) is 0 Å². The number of unbranched alkanes of at least 4 members (excludes halogenated alkanes) is 1. The maximum Gasteiger partial charge on any atom is 0.408 e. The van der Waals surface area contributed by atoms with Crippen LogP contribution >= 0.6 is 23.2 Å². The largest absolute Gasteiger partial charge is 0.505 e. The molecule has 0 unspecified atom stereocenters. The fourth-order valence-corrected chi connectivity index (χ4v) is 6.09. The molecule has 4 N–H and O–H groups in total. The number of carbonyl (C=O) groups is 4. The molecular formula is C37H46Cl2N6O7. The molecule has 0 saturated carbocycles. The van der Waals surface area contributed by atoms with Crippen LogP contribution in [-0.4, -0.2) is 89.4 Å². The number of aromatic hydroxyl groups is 1. The molecule has 0 radical (unpaired) electrons. The van der Waals surface area contributed by atoms with Gasteiger partial charge in [-0.15, -0.1) is 0 Å². The number of pyridine rings is 1. The normalized spacial score (nSPS) is 14.2. The molecule has 1 aliphatic rings. The Morgan fingerprint density at radius 1 is 0.865 bits per heavy atom. The van der Waals surface area contributed by atoms with E-state index in [4.69, 9.17) is 32.7 Å². The number of anilines is 1. The van der Waals surface area contributed by atoms with Crippen molar-refractivity contribution in [2.45, 2.75) is 70.7 Å². The third-order valence-corrected chi connectivity index (χ3v) is 8.74. The van der Waals surface area contributed by atoms with E-state index in [0.717, 1.165) is 11.3 Å². The molecule has 52 heavy (non-hydrogen) atoms. The number of halogens is 2. The highest BCUT2D eigenvalue weighted by Gasteiger charge is 2.32. The zero-order valence-electron chi connectivity index (χ0n) is 29.6. The summed E-state index contributed by atoms with van der Waals surface area (Å²) in [6.07, 6.45) is 3.27. The summed E-state index contributed by atoms with van der Waals surface area (Å²) in [5.41, 5.74) is 1.58. The van der Waals surface area contributed by atoms with E-state index in [9.17, 15) is 24.3 Å². The summed E-state index contributed by atoms with van der Waals surface area (Å²) >= 11 is 12.3. The molecule has 1 saturated heterocycles. The Morgan fingerprint density at radius 2 is 1.52 bits per heavy atom. The van der Waals surface area contributed by atoms with Crippen LogP contribution in [0.15, 0.2) is 67.0 Å². The lowest BCUT2D eigenvalue weighted by molar-refractivity contribution is -0.137. The molecule has 0 bridgehead atoms. The van der Waals surface area contributed by atoms with E-state index in [2.05, 4.69) is 25.8 Å². The lowest BCUT2D eigenvalue weighted by atomic mass is 10.0. The molecule has 2 heterocycles. The van der Waals surface area contributed by atoms with Gasteiger partial charge in [-0.2, -0.15) is 0 Å². The van der Waals surface area contributed by atoms with Gasteiger partial charge in [-0.3, -0.25) is 14.6 Å². The first kappa shape index (κ1) is 40.0. The second-order valence-electron chi connectivity index (χ2n) is 13.4. The number of hydrogen-bond acceptors (Lipinski definition) is 9. The van der Waals surface area contributed by atoms with Gasteiger partial charge in [-0.1, -0.05) is 53.5 Å². The third-order valence-electron chi connectivity index (χ3n) is 8.16. The van der Waals surface area contributed by atoms with Crippen LogP contribution < -0.4 is 20.9 Å². The number of piperazine rings is 1. The minimum Gasteiger partial charge on any atom is -0.505 e. The van der Waals surface area contributed by atoms with Crippen molar-refractivity contribution in [3.8, 4) is 5.75 Å². The van der Waals surface area contributed by atoms with Gasteiger partial charge in [0.1, 0.15) is 24.3 Å². The Bertz CT molecular complexity index is 1630. The minimum atomic E-state index is -1.20. The number of rotatable bonds is 14. The minimum absolute atomic E-state index is 0.0211. The maximum absolute atomic E-state index is 14.0. The van der Waals surface area contributed by atoms with E-state index >= 15 is 0 Å². The van der Waals surface area contributed by atoms with Gasteiger partial charge in [0.15, 0.2) is 5.75 Å². The Hall–Kier alpha value is -4.75. The molecule has 4 rings (SSSR count). The second-order valence-corrected chi connectivity index (χ2v) is 14.2. The van der Waals surface area contributed by atoms with Crippen molar-refractivity contribution in [1.82, 2.24) is 25.8 Å². The fourth-order valence-electron chi connectivity index (χ4n) is 5.56. The fraction of sp³-hybridized carbons (Fsp3) is 0.432. The number of alkyl carbamates (subject to hydrolysis) is 2. The van der Waals surface area contributed by atoms with E-state index in [1.807, 2.05) is 30.3 Å². The van der Waals surface area contributed by atoms with Crippen molar-refractivity contribution >= 4 is 52.9 Å². The van der Waals surface area contributed by atoms with Crippen LogP contribution in [0, 0.1) is 0 Å². The van der Waals surface area contributed by atoms with E-state index in [-0.39, 0.29) is 41.2 Å². The first-order chi connectivity index (χ1) is 24.8. The van der Waals surface area contributed by atoms with Crippen molar-refractivity contribution in [2.75, 3.05) is 37.6 Å². The van der Waals surface area contributed by atoms with Crippen molar-refractivity contribution in [3.05, 3.63) is 88.2 Å². The maximum atomic E-state index is 14.0. The highest BCUT2D eigenvalue weighted by molar-refractivity contribution is 6.37. The number of phenols is 1. The molecule has 1 fully saturated rings. The van der Waals surface area contributed by atoms with Crippen LogP contribution in [0.25, 0.3) is 0 Å². The van der Waals surface area contributed by atoms with E-state index < -0.39 is 35.8 Å². The van der Waals surface area contributed by atoms with Crippen LogP contribution in [0.3, 0.4) is 0 Å². The highest BCUT2D eigenvalue weighted by atomic mass is 35.5. The molecule has 3 aromatic rings. The predicted octanol–water partition coefficient (Wildman–Crippen LogP) is 5.46. The number of hydrogen-bond donors (Lipinski definition) is 4. The zero-order valence-corrected chi connectivity index (χ0v) is 31.1. The zero-order chi connectivity index (χ0) is 37.7. The molecule has 0 aliphatic carbocycles. The van der Waals surface area contributed by atoms with Crippen LogP contribution in [-0.2, 0) is 32.1 Å². The van der Waals surface area contributed by atoms with Crippen molar-refractivity contribution < 1.29 is 33.8 Å². The Kier molecular flexibility index (Phi) is 14.8. The SMILES string of the molecule is CC(C)(C)OC(=O)NCCCC[C@H](NC(=O)[C@@H](Cc1cc(Cl)c(O)c(Cl)c1)NC(=O)OCc1ccccc1)C(=O)N1CCN(c2ccncc2)CC1. The van der Waals surface area contributed by atoms with E-state index in [1.165, 1.54) is 12.1 Å². The molecule has 1 aliphatic heterocycles. The Labute approximate surface area is 314 Å². The summed E-state index contributed by atoms with van der Waals surface area (Å²) in [6, 6.07) is 13.7. The molecule has 0 spiro atoms. The lowest BCUT2D eigenvalue weighted by Crippen LogP contribution is -2.57. The van der Waals surface area contributed by atoms with Crippen LogP contribution in [0.2, 0.25) is 10.0 Å². The van der Waals surface area contributed by atoms with E-state index in [0.29, 0.717) is 51.1 Å². The smallest absolute Gasteiger partial charge is 0.408 e. The van der Waals surface area contributed by atoms with Crippen LogP contribution in [0.4, 0.5) is 15.3 Å². The van der Waals surface area contributed by atoms with Gasteiger partial charge in [-0.05, 0) is 75.4 Å². The quantitative estimate of drug-likeness (QED) is 0.157. The van der Waals surface area contributed by atoms with Gasteiger partial charge in [0, 0.05) is 57.2 Å². The number of nitrogens with one attached hydrogen (secondary N) is 3. The number of benzene rings is 2. The summed E-state index contributed by atoms with van der Waals surface area (Å²) in [5.74, 6) is -1.19. The Balaban J connectivity index is 1.47. The summed E-state index contributed by atoms with van der Waals surface area (Å²) < 4.78 is 10.7. The van der Waals surface area contributed by atoms with Gasteiger partial charge in [0.25, 0.3) is 0 Å². The number of nitrogens with zero attached hydrogens (tertiary/aromatic N) is 3. The molecule has 2 atom stereocenters. The standard InChI is InChI=1S/C37H46Cl2N6O7/c1-37(2,3)52-35(49)41-14-8-7-11-30(34(48)45-19-17-44(18-20-45)27-12-15-40-16-13-27)42-33(47)31(23-26-21-28(38)32(46)29(39)22-26)43-36(50)51-24-25-9-5-4-6-10-25/h4-6,9-10,12-13,15-16,21-22,30-31,46H,7-8,11,14,17-20,23-24H2,1-3H3,(H,41,49)(H,42,47)(H,43,50)/t30-,31+/m0/s1. The number of phenolic OH excluding ortho intramolecular Hbond substituents is 1. The van der Waals surface area contributed by atoms with Crippen LogP contribution in [0.5, 0.6) is 5.75 Å². The molecular weight excluding hydrogens is 711 g/mol. The molecule has 280 valence electrons. The number of aromatic nitrogens is 1. The van der Waals surface area contributed by atoms with E-state index in [1.54, 1.807) is 50.2 Å². The molecule has 1 aromatic heterocycles. The Morgan fingerprint density at radius 3 is 2.15 bits per heavy atom. The molecule has 15 heteroatoms. The van der Waals surface area contributed by atoms with Gasteiger partial charge >= 0.3 is 12.2 Å². The van der Waals surface area contributed by atoms with Gasteiger partial charge in [-0.25, -0.2) is 9.59 Å². The van der Waals surface area contributed by atoms with Crippen molar-refractivity contribution in [3.63, 3.8) is 0 Å². The average molecular weight is 758 g/mol. The van der Waals surface area contributed by atoms with Gasteiger partial charge < -0.3 is 40.3 Å². The monoisotopic (exact) mass is 756 g/mol. The summed E-state index contributed by atoms with van der Waals surface area (Å²) in [7, 11) is 0. The number of amides is 4. The number of ether oxygens (including phenoxy) is 2. The average Bonchev–Trinajstić information content (AvgIpc) is 3.11.